The van der Waals surface area contributed by atoms with E-state index in [1.54, 1.807) is 13.3 Å². The maximum absolute atomic E-state index is 6.20. The summed E-state index contributed by atoms with van der Waals surface area (Å²) < 4.78 is 13.7. The van der Waals surface area contributed by atoms with Crippen molar-refractivity contribution < 1.29 is 9.47 Å². The molecule has 0 saturated carbocycles. The van der Waals surface area contributed by atoms with Crippen LogP contribution in [0.25, 0.3) is 0 Å². The van der Waals surface area contributed by atoms with Crippen molar-refractivity contribution in [3.05, 3.63) is 106 Å². The average molecular weight is 431 g/mol. The maximum Gasteiger partial charge on any atom is 0.216 e. The van der Waals surface area contributed by atoms with Crippen LogP contribution in [0.5, 0.6) is 11.5 Å². The van der Waals surface area contributed by atoms with Gasteiger partial charge in [-0.15, -0.1) is 0 Å². The van der Waals surface area contributed by atoms with E-state index in [0.717, 1.165) is 34.6 Å². The largest absolute Gasteiger partial charge is 0.496 e. The minimum absolute atomic E-state index is 0.377. The monoisotopic (exact) mass is 430 g/mol. The van der Waals surface area contributed by atoms with Gasteiger partial charge < -0.3 is 9.47 Å². The molecule has 0 radical (unpaired) electrons. The number of hydrogen-bond donors (Lipinski definition) is 1. The number of nitrogens with zero attached hydrogens (tertiary/aromatic N) is 3. The van der Waals surface area contributed by atoms with E-state index in [4.69, 9.17) is 21.7 Å². The molecular formula is C24H22N4O2S. The standard InChI is InChI=1S/C24H22N4O2S/c1-29-22-12-11-19(15-26-28-17-25-27-24(28)31)14-21(22)16-30-23-10-6-5-9-20(23)13-18-7-3-2-4-8-18/h2-12,14-15,17H,13,16H2,1H3,(H,27,31). The molecule has 0 amide bonds. The van der Waals surface area contributed by atoms with Gasteiger partial charge in [-0.2, -0.15) is 14.9 Å². The van der Waals surface area contributed by atoms with Crippen LogP contribution in [0.15, 0.2) is 84.2 Å². The number of hydrogen-bond acceptors (Lipinski definition) is 5. The van der Waals surface area contributed by atoms with Crippen molar-refractivity contribution in [1.29, 1.82) is 0 Å². The van der Waals surface area contributed by atoms with Gasteiger partial charge in [0, 0.05) is 12.0 Å². The Labute approximate surface area is 185 Å². The molecule has 0 atom stereocenters. The van der Waals surface area contributed by atoms with E-state index in [1.165, 1.54) is 16.6 Å². The molecule has 1 heterocycles. The fourth-order valence-electron chi connectivity index (χ4n) is 3.21. The lowest BCUT2D eigenvalue weighted by molar-refractivity contribution is 0.294. The van der Waals surface area contributed by atoms with Gasteiger partial charge in [-0.05, 0) is 53.2 Å². The van der Waals surface area contributed by atoms with Crippen molar-refractivity contribution in [2.75, 3.05) is 7.11 Å². The van der Waals surface area contributed by atoms with E-state index in [2.05, 4.69) is 33.5 Å². The van der Waals surface area contributed by atoms with E-state index in [9.17, 15) is 0 Å². The molecule has 31 heavy (non-hydrogen) atoms. The molecule has 4 rings (SSSR count). The van der Waals surface area contributed by atoms with Crippen LogP contribution in [0, 0.1) is 4.77 Å². The molecule has 0 aliphatic carbocycles. The minimum Gasteiger partial charge on any atom is -0.496 e. The SMILES string of the molecule is COc1ccc(C=Nn2cn[nH]c2=S)cc1COc1ccccc1Cc1ccccc1. The second-order valence-corrected chi connectivity index (χ2v) is 7.27. The van der Waals surface area contributed by atoms with Crippen molar-refractivity contribution in [2.24, 2.45) is 5.10 Å². The summed E-state index contributed by atoms with van der Waals surface area (Å²) in [6.07, 6.45) is 4.06. The first kappa shape index (κ1) is 20.6. The zero-order chi connectivity index (χ0) is 21.5. The van der Waals surface area contributed by atoms with Gasteiger partial charge in [-0.25, -0.2) is 0 Å². The number of aromatic amines is 1. The quantitative estimate of drug-likeness (QED) is 0.316. The fourth-order valence-corrected chi connectivity index (χ4v) is 3.35. The normalized spacial score (nSPS) is 11.0. The van der Waals surface area contributed by atoms with E-state index in [1.807, 2.05) is 54.6 Å². The molecule has 1 N–H and O–H groups in total. The third-order valence-electron chi connectivity index (χ3n) is 4.76. The molecule has 0 spiro atoms. The smallest absolute Gasteiger partial charge is 0.216 e. The number of H-pyrrole nitrogens is 1. The molecule has 0 saturated heterocycles. The first-order valence-corrected chi connectivity index (χ1v) is 10.2. The van der Waals surface area contributed by atoms with Crippen molar-refractivity contribution in [2.45, 2.75) is 13.0 Å². The van der Waals surface area contributed by atoms with Gasteiger partial charge in [0.1, 0.15) is 24.4 Å². The first-order valence-electron chi connectivity index (χ1n) is 9.81. The summed E-state index contributed by atoms with van der Waals surface area (Å²) >= 11 is 5.11. The number of aromatic nitrogens is 3. The lowest BCUT2D eigenvalue weighted by Crippen LogP contribution is -2.02. The molecule has 0 fully saturated rings. The van der Waals surface area contributed by atoms with Gasteiger partial charge in [0.2, 0.25) is 4.77 Å². The summed E-state index contributed by atoms with van der Waals surface area (Å²) in [6, 6.07) is 24.3. The highest BCUT2D eigenvalue weighted by Gasteiger charge is 2.08. The van der Waals surface area contributed by atoms with E-state index in [0.29, 0.717) is 11.4 Å². The summed E-state index contributed by atoms with van der Waals surface area (Å²) in [5, 5.41) is 10.9. The number of rotatable bonds is 8. The molecule has 156 valence electrons. The topological polar surface area (TPSA) is 64.4 Å². The van der Waals surface area contributed by atoms with Crippen LogP contribution in [-0.4, -0.2) is 28.2 Å². The minimum atomic E-state index is 0.377. The second-order valence-electron chi connectivity index (χ2n) is 6.88. The predicted molar refractivity (Wildman–Crippen MR) is 123 cm³/mol. The highest BCUT2D eigenvalue weighted by Crippen LogP contribution is 2.25. The number of para-hydroxylation sites is 1. The van der Waals surface area contributed by atoms with Crippen LogP contribution in [0.3, 0.4) is 0 Å². The van der Waals surface area contributed by atoms with Gasteiger partial charge in [-0.3, -0.25) is 5.10 Å². The molecule has 3 aromatic carbocycles. The van der Waals surface area contributed by atoms with Crippen LogP contribution >= 0.6 is 12.2 Å². The average Bonchev–Trinajstić information content (AvgIpc) is 3.22. The van der Waals surface area contributed by atoms with Crippen LogP contribution in [0.4, 0.5) is 0 Å². The molecule has 0 bridgehead atoms. The van der Waals surface area contributed by atoms with Gasteiger partial charge in [0.05, 0.1) is 13.3 Å². The molecule has 0 unspecified atom stereocenters. The van der Waals surface area contributed by atoms with Gasteiger partial charge >= 0.3 is 0 Å². The third kappa shape index (κ3) is 5.26. The molecular weight excluding hydrogens is 408 g/mol. The Hall–Kier alpha value is -3.71. The van der Waals surface area contributed by atoms with Gasteiger partial charge in [0.15, 0.2) is 0 Å². The van der Waals surface area contributed by atoms with Crippen molar-refractivity contribution in [3.63, 3.8) is 0 Å². The van der Waals surface area contributed by atoms with Crippen LogP contribution in [0.2, 0.25) is 0 Å². The molecule has 0 aliphatic rings. The Morgan fingerprint density at radius 1 is 1.00 bits per heavy atom. The van der Waals surface area contributed by atoms with Crippen LogP contribution in [0.1, 0.15) is 22.3 Å². The molecule has 7 heteroatoms. The highest BCUT2D eigenvalue weighted by molar-refractivity contribution is 7.71. The van der Waals surface area contributed by atoms with Crippen LogP contribution < -0.4 is 9.47 Å². The lowest BCUT2D eigenvalue weighted by Gasteiger charge is -2.14. The summed E-state index contributed by atoms with van der Waals surface area (Å²) in [5.74, 6) is 1.62. The Morgan fingerprint density at radius 3 is 2.58 bits per heavy atom. The Kier molecular flexibility index (Phi) is 6.54. The van der Waals surface area contributed by atoms with Gasteiger partial charge in [0.25, 0.3) is 0 Å². The summed E-state index contributed by atoms with van der Waals surface area (Å²) in [4.78, 5) is 0. The fraction of sp³-hybridized carbons (Fsp3) is 0.125. The Balaban J connectivity index is 1.52. The summed E-state index contributed by atoms with van der Waals surface area (Å²) in [6.45, 7) is 0.377. The lowest BCUT2D eigenvalue weighted by atomic mass is 10.0. The number of nitrogens with one attached hydrogen (secondary N) is 1. The van der Waals surface area contributed by atoms with Gasteiger partial charge in [-0.1, -0.05) is 48.5 Å². The molecule has 1 aromatic heterocycles. The number of benzene rings is 3. The van der Waals surface area contributed by atoms with E-state index < -0.39 is 0 Å². The van der Waals surface area contributed by atoms with E-state index in [-0.39, 0.29) is 0 Å². The van der Waals surface area contributed by atoms with Crippen molar-refractivity contribution in [3.8, 4) is 11.5 Å². The molecule has 0 aliphatic heterocycles. The zero-order valence-corrected chi connectivity index (χ0v) is 17.9. The first-order chi connectivity index (χ1) is 15.2. The van der Waals surface area contributed by atoms with E-state index >= 15 is 0 Å². The van der Waals surface area contributed by atoms with Crippen molar-refractivity contribution >= 4 is 18.4 Å². The third-order valence-corrected chi connectivity index (χ3v) is 5.04. The second kappa shape index (κ2) is 9.86. The summed E-state index contributed by atoms with van der Waals surface area (Å²) in [7, 11) is 1.65. The maximum atomic E-state index is 6.20. The number of methoxy groups -OCH3 is 1. The van der Waals surface area contributed by atoms with Crippen molar-refractivity contribution in [1.82, 2.24) is 14.9 Å². The van der Waals surface area contributed by atoms with Crippen LogP contribution in [-0.2, 0) is 13.0 Å². The molecule has 6 nitrogen and oxygen atoms in total. The Morgan fingerprint density at radius 2 is 1.81 bits per heavy atom. The zero-order valence-electron chi connectivity index (χ0n) is 17.1. The predicted octanol–water partition coefficient (Wildman–Crippen LogP) is 5.00. The number of ether oxygens (including phenoxy) is 2. The highest BCUT2D eigenvalue weighted by atomic mass is 32.1. The summed E-state index contributed by atoms with van der Waals surface area (Å²) in [5.41, 5.74) is 4.21. The molecule has 4 aromatic rings. The Bertz CT molecular complexity index is 1230.